The molecule has 0 aromatic carbocycles. The van der Waals surface area contributed by atoms with Gasteiger partial charge in [0.2, 0.25) is 0 Å². The van der Waals surface area contributed by atoms with Gasteiger partial charge in [0.15, 0.2) is 0 Å². The van der Waals surface area contributed by atoms with E-state index in [-0.39, 0.29) is 5.60 Å². The van der Waals surface area contributed by atoms with Gasteiger partial charge in [0.1, 0.15) is 0 Å². The van der Waals surface area contributed by atoms with Crippen LogP contribution in [0, 0.1) is 5.92 Å². The number of nitrogens with one attached hydrogen (secondary N) is 1. The molecule has 1 atom stereocenters. The van der Waals surface area contributed by atoms with E-state index in [1.807, 2.05) is 7.05 Å². The lowest BCUT2D eigenvalue weighted by molar-refractivity contribution is 0.00661. The summed E-state index contributed by atoms with van der Waals surface area (Å²) in [5.41, 5.74) is -0.00927. The molecule has 0 radical (unpaired) electrons. The van der Waals surface area contributed by atoms with E-state index in [1.54, 1.807) is 7.11 Å². The summed E-state index contributed by atoms with van der Waals surface area (Å²) in [4.78, 5) is 0. The molecule has 0 fully saturated rings. The Labute approximate surface area is 89.4 Å². The van der Waals surface area contributed by atoms with Crippen molar-refractivity contribution in [3.8, 4) is 0 Å². The predicted octanol–water partition coefficient (Wildman–Crippen LogP) is 2.83. The summed E-state index contributed by atoms with van der Waals surface area (Å²) in [6, 6.07) is 0.576. The molecule has 0 aromatic heterocycles. The highest BCUT2D eigenvalue weighted by Gasteiger charge is 2.21. The van der Waals surface area contributed by atoms with Gasteiger partial charge in [-0.3, -0.25) is 0 Å². The summed E-state index contributed by atoms with van der Waals surface area (Å²) in [5, 5.41) is 3.37. The van der Waals surface area contributed by atoms with Gasteiger partial charge in [-0.2, -0.15) is 0 Å². The van der Waals surface area contributed by atoms with Crippen LogP contribution in [0.4, 0.5) is 0 Å². The molecule has 0 aliphatic rings. The Hall–Kier alpha value is -0.0800. The molecule has 14 heavy (non-hydrogen) atoms. The first-order valence-corrected chi connectivity index (χ1v) is 5.63. The second-order valence-corrected chi connectivity index (χ2v) is 5.12. The first kappa shape index (κ1) is 13.9. The standard InChI is InChI=1S/C12H27NO/c1-10(2)7-8-11(13-5)9-12(3,4)14-6/h10-11,13H,7-9H2,1-6H3. The van der Waals surface area contributed by atoms with Gasteiger partial charge in [0, 0.05) is 13.2 Å². The fourth-order valence-electron chi connectivity index (χ4n) is 1.56. The van der Waals surface area contributed by atoms with E-state index < -0.39 is 0 Å². The van der Waals surface area contributed by atoms with E-state index in [9.17, 15) is 0 Å². The highest BCUT2D eigenvalue weighted by molar-refractivity contribution is 4.77. The number of methoxy groups -OCH3 is 1. The van der Waals surface area contributed by atoms with Gasteiger partial charge in [0.25, 0.3) is 0 Å². The van der Waals surface area contributed by atoms with Gasteiger partial charge < -0.3 is 10.1 Å². The smallest absolute Gasteiger partial charge is 0.0637 e. The molecule has 0 heterocycles. The summed E-state index contributed by atoms with van der Waals surface area (Å²) < 4.78 is 5.44. The second kappa shape index (κ2) is 6.41. The average molecular weight is 201 g/mol. The van der Waals surface area contributed by atoms with Crippen molar-refractivity contribution in [1.29, 1.82) is 0 Å². The molecule has 0 aliphatic carbocycles. The van der Waals surface area contributed by atoms with Gasteiger partial charge in [-0.25, -0.2) is 0 Å². The van der Waals surface area contributed by atoms with E-state index in [0.717, 1.165) is 12.3 Å². The highest BCUT2D eigenvalue weighted by Crippen LogP contribution is 2.19. The maximum Gasteiger partial charge on any atom is 0.0637 e. The zero-order valence-corrected chi connectivity index (χ0v) is 10.7. The van der Waals surface area contributed by atoms with Crippen molar-refractivity contribution < 1.29 is 4.74 Å². The summed E-state index contributed by atoms with van der Waals surface area (Å²) in [7, 11) is 3.83. The molecule has 86 valence electrons. The van der Waals surface area contributed by atoms with Gasteiger partial charge >= 0.3 is 0 Å². The highest BCUT2D eigenvalue weighted by atomic mass is 16.5. The molecule has 0 saturated carbocycles. The lowest BCUT2D eigenvalue weighted by Gasteiger charge is -2.28. The van der Waals surface area contributed by atoms with Crippen molar-refractivity contribution in [1.82, 2.24) is 5.32 Å². The van der Waals surface area contributed by atoms with Crippen LogP contribution in [0.1, 0.15) is 47.0 Å². The van der Waals surface area contributed by atoms with Crippen LogP contribution in [-0.4, -0.2) is 25.8 Å². The summed E-state index contributed by atoms with van der Waals surface area (Å²) in [5.74, 6) is 0.788. The molecule has 2 nitrogen and oxygen atoms in total. The van der Waals surface area contributed by atoms with Crippen LogP contribution in [0.15, 0.2) is 0 Å². The average Bonchev–Trinajstić information content (AvgIpc) is 2.12. The lowest BCUT2D eigenvalue weighted by atomic mass is 9.93. The SMILES string of the molecule is CNC(CCC(C)C)CC(C)(C)OC. The van der Waals surface area contributed by atoms with E-state index in [1.165, 1.54) is 12.8 Å². The quantitative estimate of drug-likeness (QED) is 0.684. The van der Waals surface area contributed by atoms with Crippen LogP contribution in [0.5, 0.6) is 0 Å². The minimum Gasteiger partial charge on any atom is -0.379 e. The van der Waals surface area contributed by atoms with Gasteiger partial charge in [-0.05, 0) is 46.1 Å². The second-order valence-electron chi connectivity index (χ2n) is 5.12. The number of ether oxygens (including phenoxy) is 1. The monoisotopic (exact) mass is 201 g/mol. The van der Waals surface area contributed by atoms with E-state index in [0.29, 0.717) is 6.04 Å². The molecule has 0 bridgehead atoms. The van der Waals surface area contributed by atoms with Gasteiger partial charge in [0.05, 0.1) is 5.60 Å². The van der Waals surface area contributed by atoms with Crippen molar-refractivity contribution >= 4 is 0 Å². The Morgan fingerprint density at radius 1 is 1.21 bits per heavy atom. The van der Waals surface area contributed by atoms with Crippen LogP contribution in [0.3, 0.4) is 0 Å². The number of hydrogen-bond acceptors (Lipinski definition) is 2. The van der Waals surface area contributed by atoms with Crippen molar-refractivity contribution in [3.05, 3.63) is 0 Å². The van der Waals surface area contributed by atoms with E-state index in [2.05, 4.69) is 33.0 Å². The molecule has 0 aromatic rings. The summed E-state index contributed by atoms with van der Waals surface area (Å²) >= 11 is 0. The predicted molar refractivity (Wildman–Crippen MR) is 62.6 cm³/mol. The Balaban J connectivity index is 3.90. The van der Waals surface area contributed by atoms with E-state index >= 15 is 0 Å². The molecule has 0 rings (SSSR count). The van der Waals surface area contributed by atoms with Crippen molar-refractivity contribution in [2.24, 2.45) is 5.92 Å². The molecular weight excluding hydrogens is 174 g/mol. The Morgan fingerprint density at radius 2 is 1.79 bits per heavy atom. The van der Waals surface area contributed by atoms with Crippen LogP contribution < -0.4 is 5.32 Å². The van der Waals surface area contributed by atoms with Crippen LogP contribution in [-0.2, 0) is 4.74 Å². The maximum atomic E-state index is 5.44. The Bertz CT molecular complexity index is 143. The molecule has 2 heteroatoms. The summed E-state index contributed by atoms with van der Waals surface area (Å²) in [6.07, 6.45) is 3.60. The molecule has 1 N–H and O–H groups in total. The van der Waals surface area contributed by atoms with Gasteiger partial charge in [-0.15, -0.1) is 0 Å². The Morgan fingerprint density at radius 3 is 2.14 bits per heavy atom. The zero-order valence-electron chi connectivity index (χ0n) is 10.7. The van der Waals surface area contributed by atoms with Crippen molar-refractivity contribution in [2.45, 2.75) is 58.6 Å². The van der Waals surface area contributed by atoms with Crippen molar-refractivity contribution in [2.75, 3.05) is 14.2 Å². The number of rotatable bonds is 7. The molecule has 0 saturated heterocycles. The lowest BCUT2D eigenvalue weighted by Crippen LogP contribution is -2.36. The third-order valence-corrected chi connectivity index (χ3v) is 2.79. The minimum absolute atomic E-state index is 0.00927. The van der Waals surface area contributed by atoms with Gasteiger partial charge in [-0.1, -0.05) is 13.8 Å². The summed E-state index contributed by atoms with van der Waals surface area (Å²) in [6.45, 7) is 8.84. The third kappa shape index (κ3) is 6.39. The van der Waals surface area contributed by atoms with Crippen LogP contribution in [0.2, 0.25) is 0 Å². The molecule has 1 unspecified atom stereocenters. The molecule has 0 aliphatic heterocycles. The molecular formula is C12H27NO. The Kier molecular flexibility index (Phi) is 6.38. The molecule has 0 spiro atoms. The van der Waals surface area contributed by atoms with Crippen LogP contribution in [0.25, 0.3) is 0 Å². The maximum absolute atomic E-state index is 5.44. The minimum atomic E-state index is -0.00927. The molecule has 0 amide bonds. The normalized spacial score (nSPS) is 14.8. The van der Waals surface area contributed by atoms with Crippen molar-refractivity contribution in [3.63, 3.8) is 0 Å². The topological polar surface area (TPSA) is 21.3 Å². The zero-order chi connectivity index (χ0) is 11.2. The fourth-order valence-corrected chi connectivity index (χ4v) is 1.56. The van der Waals surface area contributed by atoms with E-state index in [4.69, 9.17) is 4.74 Å². The third-order valence-electron chi connectivity index (χ3n) is 2.79. The largest absolute Gasteiger partial charge is 0.379 e. The fraction of sp³-hybridized carbons (Fsp3) is 1.00. The van der Waals surface area contributed by atoms with Crippen LogP contribution >= 0.6 is 0 Å². The first-order chi connectivity index (χ1) is 6.41. The first-order valence-electron chi connectivity index (χ1n) is 5.63. The number of hydrogen-bond donors (Lipinski definition) is 1.